The number of ether oxygens (including phenoxy) is 2. The Morgan fingerprint density at radius 1 is 0.950 bits per heavy atom. The van der Waals surface area contributed by atoms with Crippen molar-refractivity contribution in [2.24, 2.45) is 17.8 Å². The van der Waals surface area contributed by atoms with E-state index in [1.54, 1.807) is 13.8 Å². The lowest BCUT2D eigenvalue weighted by atomic mass is 9.74. The molecule has 0 aromatic carbocycles. The molecule has 1 fully saturated rings. The lowest BCUT2D eigenvalue weighted by molar-refractivity contribution is -0.165. The fourth-order valence-electron chi connectivity index (χ4n) is 3.16. The molecule has 0 spiro atoms. The van der Waals surface area contributed by atoms with E-state index in [1.165, 1.54) is 12.8 Å². The van der Waals surface area contributed by atoms with Gasteiger partial charge in [-0.3, -0.25) is 9.59 Å². The van der Waals surface area contributed by atoms with Crippen LogP contribution in [0.4, 0.5) is 0 Å². The fraction of sp³-hybridized carbons (Fsp3) is 0.875. The molecule has 0 bridgehead atoms. The zero-order valence-electron chi connectivity index (χ0n) is 13.0. The molecule has 116 valence electrons. The Labute approximate surface area is 122 Å². The second-order valence-corrected chi connectivity index (χ2v) is 5.55. The van der Waals surface area contributed by atoms with E-state index in [0.717, 1.165) is 31.6 Å². The molecule has 0 radical (unpaired) electrons. The number of hydrogen-bond donors (Lipinski definition) is 0. The van der Waals surface area contributed by atoms with Crippen molar-refractivity contribution in [3.8, 4) is 0 Å². The van der Waals surface area contributed by atoms with Gasteiger partial charge in [-0.05, 0) is 38.5 Å². The molecule has 4 heteroatoms. The summed E-state index contributed by atoms with van der Waals surface area (Å²) in [6.07, 6.45) is 6.51. The van der Waals surface area contributed by atoms with E-state index in [-0.39, 0.29) is 5.92 Å². The van der Waals surface area contributed by atoms with Crippen molar-refractivity contribution in [1.82, 2.24) is 0 Å². The lowest BCUT2D eigenvalue weighted by Crippen LogP contribution is -2.36. The first kappa shape index (κ1) is 17.0. The Kier molecular flexibility index (Phi) is 7.63. The minimum atomic E-state index is -0.725. The maximum Gasteiger partial charge on any atom is 0.320 e. The average molecular weight is 284 g/mol. The van der Waals surface area contributed by atoms with Crippen LogP contribution in [0.2, 0.25) is 0 Å². The largest absolute Gasteiger partial charge is 0.465 e. The van der Waals surface area contributed by atoms with E-state index in [1.807, 2.05) is 0 Å². The van der Waals surface area contributed by atoms with Crippen LogP contribution in [-0.4, -0.2) is 25.2 Å². The van der Waals surface area contributed by atoms with Crippen LogP contribution in [0.15, 0.2) is 0 Å². The van der Waals surface area contributed by atoms with Crippen molar-refractivity contribution in [2.75, 3.05) is 13.2 Å². The normalized spacial score (nSPS) is 22.6. The van der Waals surface area contributed by atoms with Crippen LogP contribution in [0.25, 0.3) is 0 Å². The minimum Gasteiger partial charge on any atom is -0.465 e. The summed E-state index contributed by atoms with van der Waals surface area (Å²) in [5.41, 5.74) is 0. The van der Waals surface area contributed by atoms with Crippen molar-refractivity contribution < 1.29 is 19.1 Å². The number of hydrogen-bond acceptors (Lipinski definition) is 4. The van der Waals surface area contributed by atoms with Crippen LogP contribution in [0.1, 0.15) is 59.3 Å². The molecule has 0 saturated heterocycles. The van der Waals surface area contributed by atoms with Gasteiger partial charge in [0.1, 0.15) is 0 Å². The summed E-state index contributed by atoms with van der Waals surface area (Å²) in [4.78, 5) is 24.1. The van der Waals surface area contributed by atoms with Gasteiger partial charge in [0.2, 0.25) is 0 Å². The van der Waals surface area contributed by atoms with E-state index < -0.39 is 17.9 Å². The summed E-state index contributed by atoms with van der Waals surface area (Å²) in [7, 11) is 0. The van der Waals surface area contributed by atoms with Gasteiger partial charge in [0.05, 0.1) is 13.2 Å². The molecule has 0 unspecified atom stereocenters. The van der Waals surface area contributed by atoms with Crippen LogP contribution in [0, 0.1) is 17.8 Å². The standard InChI is InChI=1S/C16H28O4/c1-4-7-12-8-10-13(11-9-12)14(15(17)19-5-2)16(18)20-6-3/h12-14H,4-11H2,1-3H3/t12-,13-. The van der Waals surface area contributed by atoms with Gasteiger partial charge in [-0.25, -0.2) is 0 Å². The predicted octanol–water partition coefficient (Wildman–Crippen LogP) is 3.34. The summed E-state index contributed by atoms with van der Waals surface area (Å²) in [5, 5.41) is 0. The number of esters is 2. The quantitative estimate of drug-likeness (QED) is 0.531. The molecule has 0 aromatic rings. The third kappa shape index (κ3) is 4.80. The third-order valence-corrected chi connectivity index (χ3v) is 4.14. The second kappa shape index (κ2) is 8.98. The van der Waals surface area contributed by atoms with Gasteiger partial charge in [-0.2, -0.15) is 0 Å². The monoisotopic (exact) mass is 284 g/mol. The molecule has 20 heavy (non-hydrogen) atoms. The van der Waals surface area contributed by atoms with Crippen molar-refractivity contribution in [2.45, 2.75) is 59.3 Å². The summed E-state index contributed by atoms with van der Waals surface area (Å²) >= 11 is 0. The molecule has 0 N–H and O–H groups in total. The maximum atomic E-state index is 12.0. The van der Waals surface area contributed by atoms with Gasteiger partial charge >= 0.3 is 11.9 Å². The Hall–Kier alpha value is -1.06. The number of carbonyl (C=O) groups is 2. The molecule has 1 aliphatic carbocycles. The molecule has 1 saturated carbocycles. The first-order valence-electron chi connectivity index (χ1n) is 7.97. The van der Waals surface area contributed by atoms with Crippen molar-refractivity contribution in [1.29, 1.82) is 0 Å². The van der Waals surface area contributed by atoms with E-state index >= 15 is 0 Å². The highest BCUT2D eigenvalue weighted by Crippen LogP contribution is 2.36. The van der Waals surface area contributed by atoms with Crippen molar-refractivity contribution >= 4 is 11.9 Å². The maximum absolute atomic E-state index is 12.0. The Morgan fingerprint density at radius 2 is 1.45 bits per heavy atom. The molecule has 1 rings (SSSR count). The molecule has 0 atom stereocenters. The van der Waals surface area contributed by atoms with E-state index in [4.69, 9.17) is 9.47 Å². The van der Waals surface area contributed by atoms with Crippen molar-refractivity contribution in [3.05, 3.63) is 0 Å². The second-order valence-electron chi connectivity index (χ2n) is 5.55. The summed E-state index contributed by atoms with van der Waals surface area (Å²) < 4.78 is 10.1. The highest BCUT2D eigenvalue weighted by atomic mass is 16.6. The van der Waals surface area contributed by atoms with Gasteiger partial charge in [0.15, 0.2) is 5.92 Å². The average Bonchev–Trinajstić information content (AvgIpc) is 2.42. The summed E-state index contributed by atoms with van der Waals surface area (Å²) in [5.74, 6) is -0.713. The van der Waals surface area contributed by atoms with Gasteiger partial charge in [0, 0.05) is 0 Å². The molecule has 0 amide bonds. The molecular weight excluding hydrogens is 256 g/mol. The molecule has 4 nitrogen and oxygen atoms in total. The van der Waals surface area contributed by atoms with Crippen molar-refractivity contribution in [3.63, 3.8) is 0 Å². The highest BCUT2D eigenvalue weighted by Gasteiger charge is 2.39. The smallest absolute Gasteiger partial charge is 0.320 e. The fourth-order valence-corrected chi connectivity index (χ4v) is 3.16. The first-order chi connectivity index (χ1) is 9.63. The molecule has 0 aromatic heterocycles. The topological polar surface area (TPSA) is 52.6 Å². The summed E-state index contributed by atoms with van der Waals surface area (Å²) in [6.45, 7) is 6.34. The Bertz CT molecular complexity index is 288. The molecule has 0 aliphatic heterocycles. The highest BCUT2D eigenvalue weighted by molar-refractivity contribution is 5.95. The SMILES string of the molecule is CCC[C@H]1CC[C@H](C(C(=O)OCC)C(=O)OCC)CC1. The van der Waals surface area contributed by atoms with Crippen LogP contribution in [0.5, 0.6) is 0 Å². The van der Waals surface area contributed by atoms with Gasteiger partial charge in [-0.1, -0.05) is 32.6 Å². The Morgan fingerprint density at radius 3 is 1.85 bits per heavy atom. The van der Waals surface area contributed by atoms with E-state index in [9.17, 15) is 9.59 Å². The van der Waals surface area contributed by atoms with Crippen LogP contribution in [0.3, 0.4) is 0 Å². The summed E-state index contributed by atoms with van der Waals surface area (Å²) in [6, 6.07) is 0. The zero-order chi connectivity index (χ0) is 15.0. The lowest BCUT2D eigenvalue weighted by Gasteiger charge is -2.31. The Balaban J connectivity index is 2.64. The van der Waals surface area contributed by atoms with Crippen LogP contribution in [-0.2, 0) is 19.1 Å². The van der Waals surface area contributed by atoms with Gasteiger partial charge in [-0.15, -0.1) is 0 Å². The zero-order valence-corrected chi connectivity index (χ0v) is 13.0. The van der Waals surface area contributed by atoms with E-state index in [0.29, 0.717) is 13.2 Å². The minimum absolute atomic E-state index is 0.0845. The predicted molar refractivity (Wildman–Crippen MR) is 77.1 cm³/mol. The number of carbonyl (C=O) groups excluding carboxylic acids is 2. The third-order valence-electron chi connectivity index (χ3n) is 4.14. The van der Waals surface area contributed by atoms with Gasteiger partial charge < -0.3 is 9.47 Å². The van der Waals surface area contributed by atoms with Gasteiger partial charge in [0.25, 0.3) is 0 Å². The van der Waals surface area contributed by atoms with E-state index in [2.05, 4.69) is 6.92 Å². The van der Waals surface area contributed by atoms with Crippen LogP contribution >= 0.6 is 0 Å². The molecular formula is C16H28O4. The first-order valence-corrected chi connectivity index (χ1v) is 7.97. The molecule has 0 heterocycles. The molecule has 1 aliphatic rings. The number of rotatable bonds is 7. The van der Waals surface area contributed by atoms with Crippen LogP contribution < -0.4 is 0 Å².